The van der Waals surface area contributed by atoms with Crippen LogP contribution in [0, 0.1) is 0 Å². The Bertz CT molecular complexity index is 829. The number of rotatable bonds is 2. The van der Waals surface area contributed by atoms with Gasteiger partial charge in [0, 0.05) is 5.92 Å². The summed E-state index contributed by atoms with van der Waals surface area (Å²) in [6.45, 7) is 0. The molecule has 0 bridgehead atoms. The quantitative estimate of drug-likeness (QED) is 0.718. The summed E-state index contributed by atoms with van der Waals surface area (Å²) in [5.74, 6) is 0.120. The van der Waals surface area contributed by atoms with Crippen LogP contribution in [0.15, 0.2) is 60.7 Å². The lowest BCUT2D eigenvalue weighted by Crippen LogP contribution is -2.08. The Labute approximate surface area is 122 Å². The molecule has 2 unspecified atom stereocenters. The monoisotopic (exact) mass is 274 g/mol. The number of hydrogen-bond donors (Lipinski definition) is 1. The van der Waals surface area contributed by atoms with E-state index in [-0.39, 0.29) is 17.6 Å². The zero-order chi connectivity index (χ0) is 14.4. The highest BCUT2D eigenvalue weighted by Gasteiger charge is 2.34. The van der Waals surface area contributed by atoms with Crippen LogP contribution in [0.5, 0.6) is 5.75 Å². The van der Waals surface area contributed by atoms with E-state index in [1.165, 1.54) is 16.3 Å². The predicted octanol–water partition coefficient (Wildman–Crippen LogP) is 3.97. The summed E-state index contributed by atoms with van der Waals surface area (Å²) in [6.07, 6.45) is 1.05. The van der Waals surface area contributed by atoms with Crippen LogP contribution in [-0.2, 0) is 4.79 Å². The first-order valence-corrected chi connectivity index (χ1v) is 7.05. The molecule has 102 valence electrons. The largest absolute Gasteiger partial charge is 0.508 e. The third-order valence-corrected chi connectivity index (χ3v) is 4.42. The Balaban J connectivity index is 1.99. The normalized spacial score (nSPS) is 19.8. The van der Waals surface area contributed by atoms with Crippen LogP contribution in [0.2, 0.25) is 0 Å². The second-order valence-corrected chi connectivity index (χ2v) is 5.52. The van der Waals surface area contributed by atoms with Gasteiger partial charge in [0.05, 0.1) is 5.92 Å². The summed E-state index contributed by atoms with van der Waals surface area (Å²) in [5.41, 5.74) is 3.37. The van der Waals surface area contributed by atoms with Crippen LogP contribution in [0.1, 0.15) is 28.5 Å². The SMILES string of the molecule is O=CC1c2cccc3cccc(c23)C1c1ccc(O)cc1. The predicted molar refractivity (Wildman–Crippen MR) is 82.7 cm³/mol. The second-order valence-electron chi connectivity index (χ2n) is 5.52. The molecule has 4 rings (SSSR count). The van der Waals surface area contributed by atoms with Gasteiger partial charge in [-0.3, -0.25) is 0 Å². The molecule has 1 aliphatic carbocycles. The minimum absolute atomic E-state index is 0.0317. The van der Waals surface area contributed by atoms with Gasteiger partial charge < -0.3 is 9.90 Å². The van der Waals surface area contributed by atoms with Crippen molar-refractivity contribution in [1.29, 1.82) is 0 Å². The molecular formula is C19H14O2. The van der Waals surface area contributed by atoms with E-state index >= 15 is 0 Å². The first-order valence-electron chi connectivity index (χ1n) is 7.05. The molecule has 2 heteroatoms. The van der Waals surface area contributed by atoms with Gasteiger partial charge in [0.25, 0.3) is 0 Å². The zero-order valence-corrected chi connectivity index (χ0v) is 11.4. The number of carbonyl (C=O) groups excluding carboxylic acids is 1. The minimum Gasteiger partial charge on any atom is -0.508 e. The first kappa shape index (κ1) is 12.2. The van der Waals surface area contributed by atoms with Crippen molar-refractivity contribution in [2.45, 2.75) is 11.8 Å². The lowest BCUT2D eigenvalue weighted by Gasteiger charge is -2.17. The van der Waals surface area contributed by atoms with Crippen LogP contribution in [0.4, 0.5) is 0 Å². The van der Waals surface area contributed by atoms with Gasteiger partial charge >= 0.3 is 0 Å². The van der Waals surface area contributed by atoms with Crippen LogP contribution in [-0.4, -0.2) is 11.4 Å². The molecule has 3 aromatic rings. The summed E-state index contributed by atoms with van der Waals surface area (Å²) in [5, 5.41) is 11.9. The fourth-order valence-corrected chi connectivity index (χ4v) is 3.53. The van der Waals surface area contributed by atoms with Crippen LogP contribution < -0.4 is 0 Å². The van der Waals surface area contributed by atoms with Crippen molar-refractivity contribution >= 4 is 17.1 Å². The molecule has 0 amide bonds. The molecule has 2 nitrogen and oxygen atoms in total. The molecule has 0 saturated carbocycles. The number of phenolic OH excluding ortho intramolecular Hbond substituents is 1. The van der Waals surface area contributed by atoms with Crippen LogP contribution >= 0.6 is 0 Å². The lowest BCUT2D eigenvalue weighted by molar-refractivity contribution is -0.109. The number of phenols is 1. The summed E-state index contributed by atoms with van der Waals surface area (Å²) in [7, 11) is 0. The molecule has 21 heavy (non-hydrogen) atoms. The molecule has 2 atom stereocenters. The van der Waals surface area contributed by atoms with Gasteiger partial charge in [0.15, 0.2) is 0 Å². The van der Waals surface area contributed by atoms with Crippen molar-refractivity contribution in [3.8, 4) is 5.75 Å². The number of aromatic hydroxyl groups is 1. The fraction of sp³-hybridized carbons (Fsp3) is 0.105. The molecule has 0 saturated heterocycles. The maximum Gasteiger partial charge on any atom is 0.128 e. The number of hydrogen-bond acceptors (Lipinski definition) is 2. The van der Waals surface area contributed by atoms with E-state index in [9.17, 15) is 9.90 Å². The fourth-order valence-electron chi connectivity index (χ4n) is 3.53. The molecule has 0 aromatic heterocycles. The van der Waals surface area contributed by atoms with Crippen LogP contribution in [0.3, 0.4) is 0 Å². The van der Waals surface area contributed by atoms with Gasteiger partial charge in [-0.1, -0.05) is 48.5 Å². The highest BCUT2D eigenvalue weighted by molar-refractivity contribution is 5.96. The molecule has 3 aromatic carbocycles. The Morgan fingerprint density at radius 1 is 0.857 bits per heavy atom. The maximum absolute atomic E-state index is 11.7. The van der Waals surface area contributed by atoms with Gasteiger partial charge in [-0.15, -0.1) is 0 Å². The van der Waals surface area contributed by atoms with Crippen molar-refractivity contribution in [2.75, 3.05) is 0 Å². The summed E-state index contributed by atoms with van der Waals surface area (Å²) >= 11 is 0. The van der Waals surface area contributed by atoms with E-state index in [0.29, 0.717) is 0 Å². The Morgan fingerprint density at radius 3 is 2.19 bits per heavy atom. The van der Waals surface area contributed by atoms with Crippen molar-refractivity contribution < 1.29 is 9.90 Å². The third kappa shape index (κ3) is 1.69. The molecule has 1 aliphatic rings. The highest BCUT2D eigenvalue weighted by atomic mass is 16.3. The molecule has 0 aliphatic heterocycles. The summed E-state index contributed by atoms with van der Waals surface area (Å²) < 4.78 is 0. The molecule has 0 spiro atoms. The Morgan fingerprint density at radius 2 is 1.52 bits per heavy atom. The van der Waals surface area contributed by atoms with Crippen molar-refractivity contribution in [1.82, 2.24) is 0 Å². The van der Waals surface area contributed by atoms with E-state index in [4.69, 9.17) is 0 Å². The average molecular weight is 274 g/mol. The number of aldehydes is 1. The van der Waals surface area contributed by atoms with Gasteiger partial charge in [-0.25, -0.2) is 0 Å². The average Bonchev–Trinajstić information content (AvgIpc) is 2.84. The third-order valence-electron chi connectivity index (χ3n) is 4.42. The highest BCUT2D eigenvalue weighted by Crippen LogP contribution is 2.48. The zero-order valence-electron chi connectivity index (χ0n) is 11.4. The minimum atomic E-state index is -0.157. The number of carbonyl (C=O) groups is 1. The second kappa shape index (κ2) is 4.45. The van der Waals surface area contributed by atoms with Crippen molar-refractivity contribution in [3.05, 3.63) is 77.4 Å². The van der Waals surface area contributed by atoms with Crippen molar-refractivity contribution in [3.63, 3.8) is 0 Å². The maximum atomic E-state index is 11.7. The smallest absolute Gasteiger partial charge is 0.128 e. The van der Waals surface area contributed by atoms with E-state index < -0.39 is 0 Å². The van der Waals surface area contributed by atoms with E-state index in [0.717, 1.165) is 17.4 Å². The Kier molecular flexibility index (Phi) is 2.58. The topological polar surface area (TPSA) is 37.3 Å². The summed E-state index contributed by atoms with van der Waals surface area (Å²) in [4.78, 5) is 11.7. The van der Waals surface area contributed by atoms with E-state index in [1.807, 2.05) is 30.3 Å². The lowest BCUT2D eigenvalue weighted by atomic mass is 9.85. The van der Waals surface area contributed by atoms with E-state index in [2.05, 4.69) is 18.2 Å². The Hall–Kier alpha value is -2.61. The molecule has 1 N–H and O–H groups in total. The van der Waals surface area contributed by atoms with Gasteiger partial charge in [0.2, 0.25) is 0 Å². The molecule has 0 fully saturated rings. The van der Waals surface area contributed by atoms with Crippen molar-refractivity contribution in [2.24, 2.45) is 0 Å². The number of benzene rings is 3. The molecular weight excluding hydrogens is 260 g/mol. The summed E-state index contributed by atoms with van der Waals surface area (Å²) in [6, 6.07) is 19.5. The molecule has 0 radical (unpaired) electrons. The van der Waals surface area contributed by atoms with Gasteiger partial charge in [0.1, 0.15) is 12.0 Å². The van der Waals surface area contributed by atoms with Crippen LogP contribution in [0.25, 0.3) is 10.8 Å². The van der Waals surface area contributed by atoms with Gasteiger partial charge in [-0.05, 0) is 39.6 Å². The van der Waals surface area contributed by atoms with E-state index in [1.54, 1.807) is 12.1 Å². The standard InChI is InChI=1S/C19H14O2/c20-11-17-15-5-1-3-12-4-2-6-16(18(12)15)19(17)13-7-9-14(21)10-8-13/h1-11,17,19,21H. The van der Waals surface area contributed by atoms with Gasteiger partial charge in [-0.2, -0.15) is 0 Å². The molecule has 0 heterocycles. The first-order chi connectivity index (χ1) is 10.3.